The fourth-order valence-corrected chi connectivity index (χ4v) is 2.14. The molecule has 7 heteroatoms. The quantitative estimate of drug-likeness (QED) is 0.829. The zero-order chi connectivity index (χ0) is 14.1. The Morgan fingerprint density at radius 3 is 2.75 bits per heavy atom. The molecule has 2 N–H and O–H groups in total. The van der Waals surface area contributed by atoms with Gasteiger partial charge in [0.25, 0.3) is 0 Å². The Morgan fingerprint density at radius 1 is 1.30 bits per heavy atom. The van der Waals surface area contributed by atoms with E-state index in [4.69, 9.17) is 15.2 Å². The van der Waals surface area contributed by atoms with Crippen molar-refractivity contribution in [1.82, 2.24) is 20.2 Å². The van der Waals surface area contributed by atoms with Crippen LogP contribution >= 0.6 is 0 Å². The van der Waals surface area contributed by atoms with E-state index in [0.29, 0.717) is 28.9 Å². The molecular formula is C13H17N5O2. The molecule has 0 saturated heterocycles. The van der Waals surface area contributed by atoms with Gasteiger partial charge in [-0.05, 0) is 35.3 Å². The van der Waals surface area contributed by atoms with Crippen molar-refractivity contribution in [3.8, 4) is 22.9 Å². The minimum atomic E-state index is 0.514. The molecule has 2 aromatic rings. The third kappa shape index (κ3) is 2.26. The SMILES string of the molecule is COc1cc(OC)c(N)c(-c2nnnn2CC2CC2)c1. The van der Waals surface area contributed by atoms with Gasteiger partial charge in [-0.15, -0.1) is 5.10 Å². The average molecular weight is 275 g/mol. The van der Waals surface area contributed by atoms with Gasteiger partial charge < -0.3 is 15.2 Å². The number of tetrazole rings is 1. The van der Waals surface area contributed by atoms with Crippen LogP contribution < -0.4 is 15.2 Å². The van der Waals surface area contributed by atoms with Gasteiger partial charge in [-0.25, -0.2) is 4.68 Å². The van der Waals surface area contributed by atoms with Crippen molar-refractivity contribution in [2.45, 2.75) is 19.4 Å². The Morgan fingerprint density at radius 2 is 2.10 bits per heavy atom. The molecule has 3 rings (SSSR count). The van der Waals surface area contributed by atoms with Gasteiger partial charge in [-0.2, -0.15) is 0 Å². The van der Waals surface area contributed by atoms with E-state index >= 15 is 0 Å². The molecule has 0 amide bonds. The first-order valence-corrected chi connectivity index (χ1v) is 6.51. The first kappa shape index (κ1) is 12.7. The summed E-state index contributed by atoms with van der Waals surface area (Å²) in [5.74, 6) is 2.53. The summed E-state index contributed by atoms with van der Waals surface area (Å²) in [5, 5.41) is 11.9. The molecule has 7 nitrogen and oxygen atoms in total. The zero-order valence-electron chi connectivity index (χ0n) is 11.5. The van der Waals surface area contributed by atoms with Crippen LogP contribution in [0.25, 0.3) is 11.4 Å². The van der Waals surface area contributed by atoms with Crippen molar-refractivity contribution in [3.63, 3.8) is 0 Å². The van der Waals surface area contributed by atoms with Gasteiger partial charge in [0.15, 0.2) is 5.82 Å². The lowest BCUT2D eigenvalue weighted by Gasteiger charge is -2.12. The number of nitrogens with two attached hydrogens (primary N) is 1. The molecule has 1 aliphatic carbocycles. The van der Waals surface area contributed by atoms with Crippen molar-refractivity contribution in [1.29, 1.82) is 0 Å². The highest BCUT2D eigenvalue weighted by Crippen LogP contribution is 2.37. The summed E-state index contributed by atoms with van der Waals surface area (Å²) < 4.78 is 12.3. The topological polar surface area (TPSA) is 88.1 Å². The number of anilines is 1. The lowest BCUT2D eigenvalue weighted by molar-refractivity contribution is 0.396. The molecule has 0 atom stereocenters. The molecule has 1 heterocycles. The second kappa shape index (κ2) is 4.99. The average Bonchev–Trinajstić information content (AvgIpc) is 3.16. The molecule has 106 valence electrons. The van der Waals surface area contributed by atoms with E-state index in [2.05, 4.69) is 15.5 Å². The van der Waals surface area contributed by atoms with Crippen molar-refractivity contribution in [2.75, 3.05) is 20.0 Å². The molecular weight excluding hydrogens is 258 g/mol. The number of methoxy groups -OCH3 is 2. The fraction of sp³-hybridized carbons (Fsp3) is 0.462. The molecule has 1 aliphatic rings. The molecule has 0 bridgehead atoms. The van der Waals surface area contributed by atoms with E-state index in [0.717, 1.165) is 12.1 Å². The molecule has 1 aromatic heterocycles. The van der Waals surface area contributed by atoms with Crippen LogP contribution in [0.4, 0.5) is 5.69 Å². The van der Waals surface area contributed by atoms with Crippen molar-refractivity contribution in [2.24, 2.45) is 5.92 Å². The summed E-state index contributed by atoms with van der Waals surface area (Å²) in [6, 6.07) is 3.57. The summed E-state index contributed by atoms with van der Waals surface area (Å²) in [4.78, 5) is 0. The Kier molecular flexibility index (Phi) is 3.17. The van der Waals surface area contributed by atoms with Gasteiger partial charge in [0.1, 0.15) is 11.5 Å². The van der Waals surface area contributed by atoms with Crippen molar-refractivity contribution in [3.05, 3.63) is 12.1 Å². The van der Waals surface area contributed by atoms with Crippen LogP contribution in [0.5, 0.6) is 11.5 Å². The van der Waals surface area contributed by atoms with E-state index in [-0.39, 0.29) is 0 Å². The molecule has 0 unspecified atom stereocenters. The lowest BCUT2D eigenvalue weighted by atomic mass is 10.1. The maximum atomic E-state index is 6.13. The highest BCUT2D eigenvalue weighted by atomic mass is 16.5. The zero-order valence-corrected chi connectivity index (χ0v) is 11.5. The minimum absolute atomic E-state index is 0.514. The molecule has 1 fully saturated rings. The van der Waals surface area contributed by atoms with E-state index in [1.54, 1.807) is 25.0 Å². The van der Waals surface area contributed by atoms with E-state index in [1.807, 2.05) is 6.07 Å². The smallest absolute Gasteiger partial charge is 0.184 e. The molecule has 0 radical (unpaired) electrons. The second-order valence-electron chi connectivity index (χ2n) is 4.92. The molecule has 1 aromatic carbocycles. The highest BCUT2D eigenvalue weighted by Gasteiger charge is 2.25. The number of rotatable bonds is 5. The van der Waals surface area contributed by atoms with Gasteiger partial charge in [0.2, 0.25) is 0 Å². The predicted octanol–water partition coefficient (Wildman–Crippen LogP) is 1.35. The van der Waals surface area contributed by atoms with Crippen LogP contribution in [-0.4, -0.2) is 34.4 Å². The van der Waals surface area contributed by atoms with Gasteiger partial charge in [-0.3, -0.25) is 0 Å². The number of nitrogens with zero attached hydrogens (tertiary/aromatic N) is 4. The van der Waals surface area contributed by atoms with Crippen LogP contribution in [0.2, 0.25) is 0 Å². The van der Waals surface area contributed by atoms with Crippen LogP contribution in [-0.2, 0) is 6.54 Å². The normalized spacial score (nSPS) is 14.3. The van der Waals surface area contributed by atoms with Crippen molar-refractivity contribution < 1.29 is 9.47 Å². The number of aromatic nitrogens is 4. The van der Waals surface area contributed by atoms with Gasteiger partial charge in [0.05, 0.1) is 25.5 Å². The van der Waals surface area contributed by atoms with Gasteiger partial charge in [0, 0.05) is 12.6 Å². The van der Waals surface area contributed by atoms with Gasteiger partial charge >= 0.3 is 0 Å². The summed E-state index contributed by atoms with van der Waals surface area (Å²) in [7, 11) is 3.17. The third-order valence-electron chi connectivity index (χ3n) is 3.47. The molecule has 1 saturated carbocycles. The van der Waals surface area contributed by atoms with Crippen LogP contribution in [0.1, 0.15) is 12.8 Å². The number of hydrogen-bond acceptors (Lipinski definition) is 6. The standard InChI is InChI=1S/C13H17N5O2/c1-19-9-5-10(12(14)11(6-9)20-2)13-15-16-17-18(13)7-8-3-4-8/h5-6,8H,3-4,7,14H2,1-2H3. The molecule has 0 spiro atoms. The Hall–Kier alpha value is -2.31. The Balaban J connectivity index is 2.06. The van der Waals surface area contributed by atoms with E-state index < -0.39 is 0 Å². The van der Waals surface area contributed by atoms with E-state index in [9.17, 15) is 0 Å². The van der Waals surface area contributed by atoms with E-state index in [1.165, 1.54) is 12.8 Å². The lowest BCUT2D eigenvalue weighted by Crippen LogP contribution is -2.06. The van der Waals surface area contributed by atoms with Crippen LogP contribution in [0.15, 0.2) is 12.1 Å². The maximum absolute atomic E-state index is 6.13. The fourth-order valence-electron chi connectivity index (χ4n) is 2.14. The Labute approximate surface area is 116 Å². The number of ether oxygens (including phenoxy) is 2. The third-order valence-corrected chi connectivity index (χ3v) is 3.47. The highest BCUT2D eigenvalue weighted by molar-refractivity contribution is 5.78. The monoisotopic (exact) mass is 275 g/mol. The van der Waals surface area contributed by atoms with Gasteiger partial charge in [-0.1, -0.05) is 0 Å². The summed E-state index contributed by atoms with van der Waals surface area (Å²) >= 11 is 0. The first-order valence-electron chi connectivity index (χ1n) is 6.51. The second-order valence-corrected chi connectivity index (χ2v) is 4.92. The Bertz CT molecular complexity index is 621. The van der Waals surface area contributed by atoms with Crippen LogP contribution in [0, 0.1) is 5.92 Å². The maximum Gasteiger partial charge on any atom is 0.184 e. The predicted molar refractivity (Wildman–Crippen MR) is 73.5 cm³/mol. The molecule has 20 heavy (non-hydrogen) atoms. The molecule has 0 aliphatic heterocycles. The summed E-state index contributed by atoms with van der Waals surface area (Å²) in [6.45, 7) is 0.821. The van der Waals surface area contributed by atoms with Crippen LogP contribution in [0.3, 0.4) is 0 Å². The number of hydrogen-bond donors (Lipinski definition) is 1. The van der Waals surface area contributed by atoms with Crippen molar-refractivity contribution >= 4 is 5.69 Å². The number of benzene rings is 1. The first-order chi connectivity index (χ1) is 9.72. The summed E-state index contributed by atoms with van der Waals surface area (Å²) in [6.07, 6.45) is 2.46. The largest absolute Gasteiger partial charge is 0.497 e. The minimum Gasteiger partial charge on any atom is -0.497 e. The summed E-state index contributed by atoms with van der Waals surface area (Å²) in [5.41, 5.74) is 7.38. The number of nitrogen functional groups attached to an aromatic ring is 1.